The van der Waals surface area contributed by atoms with Gasteiger partial charge in [-0.2, -0.15) is 9.90 Å². The second kappa shape index (κ2) is 2.58. The molecule has 1 aliphatic rings. The van der Waals surface area contributed by atoms with E-state index in [1.165, 1.54) is 12.6 Å². The van der Waals surface area contributed by atoms with Gasteiger partial charge in [-0.05, 0) is 19.3 Å². The normalized spacial score (nSPS) is 17.3. The molecule has 1 fully saturated rings. The molecule has 0 bridgehead atoms. The minimum Gasteiger partial charge on any atom is -0.364 e. The third kappa shape index (κ3) is 1.07. The van der Waals surface area contributed by atoms with Gasteiger partial charge in [-0.3, -0.25) is 4.79 Å². The monoisotopic (exact) mass is 166 g/mol. The van der Waals surface area contributed by atoms with E-state index in [1.807, 2.05) is 0 Å². The van der Waals surface area contributed by atoms with Gasteiger partial charge in [0.2, 0.25) is 0 Å². The maximum absolute atomic E-state index is 10.6. The van der Waals surface area contributed by atoms with Crippen LogP contribution < -0.4 is 5.73 Å². The molecular weight excluding hydrogens is 156 g/mol. The molecule has 1 aromatic rings. The zero-order chi connectivity index (χ0) is 8.55. The van der Waals surface area contributed by atoms with Crippen LogP contribution in [-0.4, -0.2) is 20.9 Å². The van der Waals surface area contributed by atoms with E-state index >= 15 is 0 Å². The molecule has 5 heteroatoms. The molecule has 0 radical (unpaired) electrons. The molecule has 1 saturated carbocycles. The lowest BCUT2D eigenvalue weighted by Gasteiger charge is -2.23. The van der Waals surface area contributed by atoms with Crippen LogP contribution in [-0.2, 0) is 0 Å². The highest BCUT2D eigenvalue weighted by Gasteiger charge is 2.21. The fourth-order valence-electron chi connectivity index (χ4n) is 1.18. The van der Waals surface area contributed by atoms with Crippen LogP contribution in [0.4, 0.5) is 0 Å². The van der Waals surface area contributed by atoms with Crippen LogP contribution in [0.5, 0.6) is 0 Å². The van der Waals surface area contributed by atoms with Gasteiger partial charge in [0.1, 0.15) is 0 Å². The highest BCUT2D eigenvalue weighted by molar-refractivity contribution is 5.90. The summed E-state index contributed by atoms with van der Waals surface area (Å²) in [6, 6.07) is 0.387. The van der Waals surface area contributed by atoms with Gasteiger partial charge >= 0.3 is 0 Å². The van der Waals surface area contributed by atoms with E-state index < -0.39 is 5.91 Å². The molecular formula is C7H10N4O. The van der Waals surface area contributed by atoms with E-state index in [1.54, 1.807) is 4.80 Å². The van der Waals surface area contributed by atoms with E-state index in [0.717, 1.165) is 12.8 Å². The van der Waals surface area contributed by atoms with Crippen LogP contribution in [0.25, 0.3) is 0 Å². The van der Waals surface area contributed by atoms with Crippen molar-refractivity contribution in [1.29, 1.82) is 0 Å². The van der Waals surface area contributed by atoms with Gasteiger partial charge in [-0.25, -0.2) is 0 Å². The summed E-state index contributed by atoms with van der Waals surface area (Å²) in [5.74, 6) is -0.513. The van der Waals surface area contributed by atoms with Gasteiger partial charge in [0.05, 0.1) is 12.2 Å². The number of nitrogens with zero attached hydrogens (tertiary/aromatic N) is 3. The Hall–Kier alpha value is -1.39. The highest BCUT2D eigenvalue weighted by atomic mass is 16.1. The van der Waals surface area contributed by atoms with Gasteiger partial charge in [0, 0.05) is 0 Å². The molecule has 0 aromatic carbocycles. The summed E-state index contributed by atoms with van der Waals surface area (Å²) in [6.07, 6.45) is 4.85. The second-order valence-corrected chi connectivity index (χ2v) is 3.00. The van der Waals surface area contributed by atoms with Crippen LogP contribution in [0.15, 0.2) is 6.20 Å². The molecule has 64 valence electrons. The van der Waals surface area contributed by atoms with Crippen molar-refractivity contribution in [3.63, 3.8) is 0 Å². The minimum atomic E-state index is -0.513. The average molecular weight is 166 g/mol. The molecule has 1 aliphatic carbocycles. The van der Waals surface area contributed by atoms with Crippen molar-refractivity contribution in [1.82, 2.24) is 15.0 Å². The predicted molar refractivity (Wildman–Crippen MR) is 41.4 cm³/mol. The molecule has 1 aromatic heterocycles. The largest absolute Gasteiger partial charge is 0.364 e. The Morgan fingerprint density at radius 2 is 2.42 bits per heavy atom. The lowest BCUT2D eigenvalue weighted by molar-refractivity contribution is 0.0994. The summed E-state index contributed by atoms with van der Waals surface area (Å²) in [4.78, 5) is 12.2. The number of hydrogen-bond donors (Lipinski definition) is 1. The van der Waals surface area contributed by atoms with E-state index in [2.05, 4.69) is 10.2 Å². The van der Waals surface area contributed by atoms with Gasteiger partial charge in [-0.1, -0.05) is 0 Å². The van der Waals surface area contributed by atoms with Crippen LogP contribution in [0.2, 0.25) is 0 Å². The number of aromatic nitrogens is 3. The molecule has 12 heavy (non-hydrogen) atoms. The summed E-state index contributed by atoms with van der Waals surface area (Å²) in [6.45, 7) is 0. The standard InChI is InChI=1S/C7H10N4O/c8-7(12)6-4-9-11(10-6)5-2-1-3-5/h4-5H,1-3H2,(H2,8,12). The maximum atomic E-state index is 10.6. The Morgan fingerprint density at radius 1 is 1.67 bits per heavy atom. The SMILES string of the molecule is NC(=O)c1cnn(C2CCC2)n1. The number of rotatable bonds is 2. The number of carbonyl (C=O) groups is 1. The minimum absolute atomic E-state index is 0.252. The third-order valence-corrected chi connectivity index (χ3v) is 2.16. The Morgan fingerprint density at radius 3 is 2.83 bits per heavy atom. The number of primary amides is 1. The van der Waals surface area contributed by atoms with E-state index in [-0.39, 0.29) is 5.69 Å². The highest BCUT2D eigenvalue weighted by Crippen LogP contribution is 2.29. The summed E-state index contributed by atoms with van der Waals surface area (Å²) >= 11 is 0. The molecule has 0 atom stereocenters. The first-order chi connectivity index (χ1) is 5.77. The first kappa shape index (κ1) is 7.27. The first-order valence-corrected chi connectivity index (χ1v) is 3.99. The lowest BCUT2D eigenvalue weighted by Crippen LogP contribution is -2.20. The van der Waals surface area contributed by atoms with Gasteiger partial charge in [-0.15, -0.1) is 5.10 Å². The first-order valence-electron chi connectivity index (χ1n) is 3.99. The number of nitrogens with two attached hydrogens (primary N) is 1. The van der Waals surface area contributed by atoms with Gasteiger partial charge in [0.15, 0.2) is 5.69 Å². The summed E-state index contributed by atoms with van der Waals surface area (Å²) in [5, 5.41) is 7.93. The topological polar surface area (TPSA) is 73.8 Å². The van der Waals surface area contributed by atoms with E-state index in [9.17, 15) is 4.79 Å². The van der Waals surface area contributed by atoms with Gasteiger partial charge < -0.3 is 5.73 Å². The molecule has 0 unspecified atom stereocenters. The lowest BCUT2D eigenvalue weighted by atomic mass is 9.94. The van der Waals surface area contributed by atoms with Crippen molar-refractivity contribution < 1.29 is 4.79 Å². The number of hydrogen-bond acceptors (Lipinski definition) is 3. The molecule has 5 nitrogen and oxygen atoms in total. The average Bonchev–Trinajstić information content (AvgIpc) is 2.32. The maximum Gasteiger partial charge on any atom is 0.270 e. The molecule has 0 aliphatic heterocycles. The summed E-state index contributed by atoms with van der Waals surface area (Å²) in [7, 11) is 0. The molecule has 2 N–H and O–H groups in total. The third-order valence-electron chi connectivity index (χ3n) is 2.16. The van der Waals surface area contributed by atoms with Crippen molar-refractivity contribution in [2.75, 3.05) is 0 Å². The predicted octanol–water partition coefficient (Wildman–Crippen LogP) is 0.102. The Balaban J connectivity index is 2.17. The van der Waals surface area contributed by atoms with Gasteiger partial charge in [0.25, 0.3) is 5.91 Å². The number of amides is 1. The van der Waals surface area contributed by atoms with Crippen LogP contribution >= 0.6 is 0 Å². The smallest absolute Gasteiger partial charge is 0.270 e. The van der Waals surface area contributed by atoms with Crippen molar-refractivity contribution in [2.24, 2.45) is 5.73 Å². The van der Waals surface area contributed by atoms with Crippen LogP contribution in [0.1, 0.15) is 35.8 Å². The fraction of sp³-hybridized carbons (Fsp3) is 0.571. The van der Waals surface area contributed by atoms with Crippen molar-refractivity contribution in [2.45, 2.75) is 25.3 Å². The van der Waals surface area contributed by atoms with Crippen LogP contribution in [0.3, 0.4) is 0 Å². The second-order valence-electron chi connectivity index (χ2n) is 3.00. The van der Waals surface area contributed by atoms with E-state index in [0.29, 0.717) is 6.04 Å². The molecule has 0 spiro atoms. The van der Waals surface area contributed by atoms with Crippen LogP contribution in [0, 0.1) is 0 Å². The Bertz CT molecular complexity index is 302. The molecule has 0 saturated heterocycles. The van der Waals surface area contributed by atoms with E-state index in [4.69, 9.17) is 5.73 Å². The quantitative estimate of drug-likeness (QED) is 0.677. The Labute approximate surface area is 69.5 Å². The zero-order valence-electron chi connectivity index (χ0n) is 6.60. The summed E-state index contributed by atoms with van der Waals surface area (Å²) in [5.41, 5.74) is 5.28. The molecule has 2 rings (SSSR count). The van der Waals surface area contributed by atoms with Crippen molar-refractivity contribution in [3.8, 4) is 0 Å². The molecule has 1 amide bonds. The van der Waals surface area contributed by atoms with Crippen molar-refractivity contribution in [3.05, 3.63) is 11.9 Å². The molecule has 1 heterocycles. The van der Waals surface area contributed by atoms with Crippen molar-refractivity contribution >= 4 is 5.91 Å². The Kier molecular flexibility index (Phi) is 1.56. The summed E-state index contributed by atoms with van der Waals surface area (Å²) < 4.78 is 0. The number of carbonyl (C=O) groups excluding carboxylic acids is 1. The zero-order valence-corrected chi connectivity index (χ0v) is 6.60. The fourth-order valence-corrected chi connectivity index (χ4v) is 1.18.